The third-order valence-corrected chi connectivity index (χ3v) is 7.54. The van der Waals surface area contributed by atoms with Gasteiger partial charge in [0.25, 0.3) is 5.91 Å². The zero-order valence-corrected chi connectivity index (χ0v) is 21.7. The van der Waals surface area contributed by atoms with E-state index in [2.05, 4.69) is 19.9 Å². The third-order valence-electron chi connectivity index (χ3n) is 5.42. The average molecular weight is 554 g/mol. The topological polar surface area (TPSA) is 160 Å². The van der Waals surface area contributed by atoms with E-state index >= 15 is 0 Å². The number of esters is 3. The summed E-state index contributed by atoms with van der Waals surface area (Å²) in [4.78, 5) is 48.2. The number of amides is 1. The molecule has 2 heterocycles. The summed E-state index contributed by atoms with van der Waals surface area (Å²) >= 11 is 6.37. The fraction of sp³-hybridized carbons (Fsp3) is 0.348. The molecule has 1 amide bonds. The van der Waals surface area contributed by atoms with Crippen molar-refractivity contribution in [2.45, 2.75) is 19.4 Å². The van der Waals surface area contributed by atoms with E-state index in [0.717, 1.165) is 20.3 Å². The first kappa shape index (κ1) is 27.9. The van der Waals surface area contributed by atoms with E-state index in [1.54, 1.807) is 6.92 Å². The van der Waals surface area contributed by atoms with Crippen LogP contribution in [0.1, 0.15) is 44.4 Å². The first-order chi connectivity index (χ1) is 17.4. The first-order valence-electron chi connectivity index (χ1n) is 10.9. The minimum atomic E-state index is -3.14. The van der Waals surface area contributed by atoms with E-state index in [1.165, 1.54) is 29.0 Å². The normalized spacial score (nSPS) is 16.4. The maximum atomic E-state index is 12.3. The van der Waals surface area contributed by atoms with Crippen molar-refractivity contribution in [2.24, 2.45) is 0 Å². The molecule has 12 nitrogen and oxygen atoms in total. The zero-order chi connectivity index (χ0) is 27.3. The lowest BCUT2D eigenvalue weighted by Gasteiger charge is -2.10. The van der Waals surface area contributed by atoms with Crippen molar-refractivity contribution in [2.75, 3.05) is 37.6 Å². The molecular formula is C23H24ClN3O9S. The minimum absolute atomic E-state index is 0.00336. The summed E-state index contributed by atoms with van der Waals surface area (Å²) in [5.74, 6) is -3.04. The standard InChI is InChI=1S/C23H24ClN3O9S/c1-13-18(21(24)27(26-13)17-6-7-37(32,33)12-17)4-5-20(29)36-11-19(28)25-16-9-14(22(30)34-2)8-15(10-16)23(31)35-3/h4-5,8-10,17H,6-7,11-12H2,1-3H3,(H,25,28). The fourth-order valence-electron chi connectivity index (χ4n) is 3.64. The van der Waals surface area contributed by atoms with Gasteiger partial charge in [-0.2, -0.15) is 5.10 Å². The number of hydrogen-bond donors (Lipinski definition) is 1. The predicted octanol–water partition coefficient (Wildman–Crippen LogP) is 1.97. The minimum Gasteiger partial charge on any atom is -0.465 e. The smallest absolute Gasteiger partial charge is 0.337 e. The number of halogens is 1. The van der Waals surface area contributed by atoms with Crippen LogP contribution in [0.5, 0.6) is 0 Å². The van der Waals surface area contributed by atoms with Crippen LogP contribution in [0.25, 0.3) is 6.08 Å². The summed E-state index contributed by atoms with van der Waals surface area (Å²) in [5, 5.41) is 6.91. The van der Waals surface area contributed by atoms with Crippen molar-refractivity contribution in [1.82, 2.24) is 9.78 Å². The Morgan fingerprint density at radius 3 is 2.30 bits per heavy atom. The van der Waals surface area contributed by atoms with Gasteiger partial charge in [-0.15, -0.1) is 0 Å². The summed E-state index contributed by atoms with van der Waals surface area (Å²) in [6.45, 7) is 1.00. The molecule has 0 spiro atoms. The van der Waals surface area contributed by atoms with Crippen LogP contribution >= 0.6 is 11.6 Å². The highest BCUT2D eigenvalue weighted by atomic mass is 35.5. The number of sulfone groups is 1. The molecule has 3 rings (SSSR count). The second kappa shape index (κ2) is 11.6. The van der Waals surface area contributed by atoms with Crippen molar-refractivity contribution in [3.05, 3.63) is 51.8 Å². The maximum absolute atomic E-state index is 12.3. The molecule has 0 aliphatic carbocycles. The Bertz CT molecular complexity index is 1350. The van der Waals surface area contributed by atoms with Crippen LogP contribution in [-0.2, 0) is 33.6 Å². The van der Waals surface area contributed by atoms with Gasteiger partial charge in [-0.1, -0.05) is 11.6 Å². The van der Waals surface area contributed by atoms with E-state index < -0.39 is 40.3 Å². The van der Waals surface area contributed by atoms with Gasteiger partial charge in [0.15, 0.2) is 16.4 Å². The Kier molecular flexibility index (Phi) is 8.71. The molecule has 1 N–H and O–H groups in total. The molecule has 1 atom stereocenters. The molecular weight excluding hydrogens is 530 g/mol. The zero-order valence-electron chi connectivity index (χ0n) is 20.1. The first-order valence-corrected chi connectivity index (χ1v) is 13.1. The number of hydrogen-bond acceptors (Lipinski definition) is 10. The molecule has 1 aromatic carbocycles. The molecule has 0 radical (unpaired) electrons. The van der Waals surface area contributed by atoms with Gasteiger partial charge in [0.2, 0.25) is 0 Å². The molecule has 0 bridgehead atoms. The number of benzene rings is 1. The van der Waals surface area contributed by atoms with Crippen molar-refractivity contribution in [1.29, 1.82) is 0 Å². The summed E-state index contributed by atoms with van der Waals surface area (Å²) in [5.41, 5.74) is 1.00. The van der Waals surface area contributed by atoms with Gasteiger partial charge in [0.05, 0.1) is 48.6 Å². The largest absolute Gasteiger partial charge is 0.465 e. The number of rotatable bonds is 8. The van der Waals surface area contributed by atoms with E-state index in [-0.39, 0.29) is 39.5 Å². The lowest BCUT2D eigenvalue weighted by Crippen LogP contribution is -2.20. The van der Waals surface area contributed by atoms with E-state index in [0.29, 0.717) is 17.7 Å². The summed E-state index contributed by atoms with van der Waals surface area (Å²) in [6, 6.07) is 3.44. The highest BCUT2D eigenvalue weighted by molar-refractivity contribution is 7.91. The molecule has 37 heavy (non-hydrogen) atoms. The Balaban J connectivity index is 1.62. The number of methoxy groups -OCH3 is 2. The molecule has 14 heteroatoms. The number of aromatic nitrogens is 2. The van der Waals surface area contributed by atoms with E-state index in [1.807, 2.05) is 0 Å². The van der Waals surface area contributed by atoms with Crippen LogP contribution in [0.15, 0.2) is 24.3 Å². The molecule has 198 valence electrons. The number of nitrogens with zero attached hydrogens (tertiary/aromatic N) is 2. The molecule has 1 aliphatic heterocycles. The number of nitrogens with one attached hydrogen (secondary N) is 1. The second-order valence-corrected chi connectivity index (χ2v) is 10.6. The van der Waals surface area contributed by atoms with Crippen LogP contribution in [0, 0.1) is 6.92 Å². The Morgan fingerprint density at radius 2 is 1.76 bits per heavy atom. The van der Waals surface area contributed by atoms with Gasteiger partial charge in [0.1, 0.15) is 5.15 Å². The van der Waals surface area contributed by atoms with Gasteiger partial charge >= 0.3 is 17.9 Å². The van der Waals surface area contributed by atoms with E-state index in [4.69, 9.17) is 16.3 Å². The van der Waals surface area contributed by atoms with Crippen molar-refractivity contribution in [3.63, 3.8) is 0 Å². The fourth-order valence-corrected chi connectivity index (χ4v) is 5.70. The molecule has 1 aliphatic rings. The van der Waals surface area contributed by atoms with Crippen molar-refractivity contribution < 1.29 is 41.8 Å². The second-order valence-electron chi connectivity index (χ2n) is 8.06. The Morgan fingerprint density at radius 1 is 1.14 bits per heavy atom. The molecule has 0 saturated carbocycles. The van der Waals surface area contributed by atoms with Crippen LogP contribution in [0.4, 0.5) is 5.69 Å². The highest BCUT2D eigenvalue weighted by Crippen LogP contribution is 2.30. The monoisotopic (exact) mass is 553 g/mol. The highest BCUT2D eigenvalue weighted by Gasteiger charge is 2.31. The molecule has 2 aromatic rings. The lowest BCUT2D eigenvalue weighted by atomic mass is 10.1. The lowest BCUT2D eigenvalue weighted by molar-refractivity contribution is -0.142. The van der Waals surface area contributed by atoms with Crippen molar-refractivity contribution in [3.8, 4) is 0 Å². The Labute approximate surface area is 217 Å². The van der Waals surface area contributed by atoms with Crippen LogP contribution in [0.3, 0.4) is 0 Å². The summed E-state index contributed by atoms with van der Waals surface area (Å²) in [7, 11) is -0.812. The third kappa shape index (κ3) is 6.95. The molecule has 1 saturated heterocycles. The van der Waals surface area contributed by atoms with Crippen molar-refractivity contribution >= 4 is 57.0 Å². The van der Waals surface area contributed by atoms with E-state index in [9.17, 15) is 27.6 Å². The van der Waals surface area contributed by atoms with Gasteiger partial charge < -0.3 is 19.5 Å². The van der Waals surface area contributed by atoms with Crippen LogP contribution < -0.4 is 5.32 Å². The quantitative estimate of drug-likeness (QED) is 0.291. The molecule has 1 aromatic heterocycles. The predicted molar refractivity (Wildman–Crippen MR) is 132 cm³/mol. The van der Waals surface area contributed by atoms with Crippen LogP contribution in [0.2, 0.25) is 5.15 Å². The number of carbonyl (C=O) groups excluding carboxylic acids is 4. The van der Waals surface area contributed by atoms with Gasteiger partial charge in [-0.25, -0.2) is 27.5 Å². The van der Waals surface area contributed by atoms with Crippen LogP contribution in [-0.4, -0.2) is 74.3 Å². The number of ether oxygens (including phenoxy) is 3. The summed E-state index contributed by atoms with van der Waals surface area (Å²) in [6.07, 6.45) is 2.83. The molecule has 1 fully saturated rings. The SMILES string of the molecule is COC(=O)c1cc(NC(=O)COC(=O)C=Cc2c(C)nn(C3CCS(=O)(=O)C3)c2Cl)cc(C(=O)OC)c1. The number of carbonyl (C=O) groups is 4. The van der Waals surface area contributed by atoms with Gasteiger partial charge in [-0.3, -0.25) is 4.79 Å². The average Bonchev–Trinajstić information content (AvgIpc) is 3.37. The maximum Gasteiger partial charge on any atom is 0.337 e. The van der Waals surface area contributed by atoms with Gasteiger partial charge in [-0.05, 0) is 37.6 Å². The summed E-state index contributed by atoms with van der Waals surface area (Å²) < 4.78 is 39.2. The number of aryl methyl sites for hydroxylation is 1. The number of anilines is 1. The Hall–Kier alpha value is -3.71. The van der Waals surface area contributed by atoms with Gasteiger partial charge in [0, 0.05) is 17.3 Å². The molecule has 1 unspecified atom stereocenters.